The van der Waals surface area contributed by atoms with Gasteiger partial charge in [-0.2, -0.15) is 0 Å². The number of hydrogen-bond acceptors (Lipinski definition) is 5. The molecule has 1 heterocycles. The third-order valence-electron chi connectivity index (χ3n) is 3.08. The van der Waals surface area contributed by atoms with Gasteiger partial charge in [-0.05, 0) is 25.3 Å². The molecule has 124 valence electrons. The molecule has 0 bridgehead atoms. The predicted octanol–water partition coefficient (Wildman–Crippen LogP) is 3.42. The van der Waals surface area contributed by atoms with Gasteiger partial charge in [0.15, 0.2) is 0 Å². The average Bonchev–Trinajstić information content (AvgIpc) is 2.87. The van der Waals surface area contributed by atoms with Crippen LogP contribution in [0.1, 0.15) is 49.4 Å². The van der Waals surface area contributed by atoms with Gasteiger partial charge in [0.1, 0.15) is 5.00 Å². The van der Waals surface area contributed by atoms with Gasteiger partial charge in [0.2, 0.25) is 0 Å². The van der Waals surface area contributed by atoms with Crippen LogP contribution in [0.5, 0.6) is 0 Å². The van der Waals surface area contributed by atoms with Gasteiger partial charge in [-0.1, -0.05) is 20.8 Å². The van der Waals surface area contributed by atoms with Crippen LogP contribution in [-0.4, -0.2) is 36.7 Å². The number of rotatable bonds is 9. The van der Waals surface area contributed by atoms with E-state index in [9.17, 15) is 9.59 Å². The highest BCUT2D eigenvalue weighted by molar-refractivity contribution is 7.16. The summed E-state index contributed by atoms with van der Waals surface area (Å²) < 4.78 is 5.13. The highest BCUT2D eigenvalue weighted by atomic mass is 32.1. The van der Waals surface area contributed by atoms with E-state index in [0.717, 1.165) is 16.3 Å². The number of thiophene rings is 1. The number of carbonyl (C=O) groups excluding carboxylic acids is 1. The van der Waals surface area contributed by atoms with Crippen molar-refractivity contribution in [2.24, 2.45) is 5.92 Å². The summed E-state index contributed by atoms with van der Waals surface area (Å²) in [4.78, 5) is 26.1. The van der Waals surface area contributed by atoms with Crippen LogP contribution in [0.2, 0.25) is 0 Å². The smallest absolute Gasteiger partial charge is 0.341 e. The van der Waals surface area contributed by atoms with Crippen LogP contribution < -0.4 is 4.90 Å². The highest BCUT2D eigenvalue weighted by Gasteiger charge is 2.22. The third-order valence-corrected chi connectivity index (χ3v) is 4.42. The molecule has 0 aliphatic carbocycles. The van der Waals surface area contributed by atoms with Gasteiger partial charge >= 0.3 is 11.9 Å². The minimum absolute atomic E-state index is 0.0499. The number of ether oxygens (including phenoxy) is 1. The molecule has 0 aliphatic heterocycles. The molecule has 1 aromatic heterocycles. The van der Waals surface area contributed by atoms with E-state index < -0.39 is 5.97 Å². The first-order valence-corrected chi connectivity index (χ1v) is 8.47. The Morgan fingerprint density at radius 1 is 1.36 bits per heavy atom. The third kappa shape index (κ3) is 5.33. The van der Waals surface area contributed by atoms with Crippen LogP contribution in [0.3, 0.4) is 0 Å². The number of nitrogens with zero attached hydrogens (tertiary/aromatic N) is 1. The molecule has 6 heteroatoms. The van der Waals surface area contributed by atoms with Crippen molar-refractivity contribution in [2.75, 3.05) is 24.6 Å². The maximum absolute atomic E-state index is 12.2. The first-order valence-electron chi connectivity index (χ1n) is 7.65. The van der Waals surface area contributed by atoms with E-state index in [-0.39, 0.29) is 12.4 Å². The zero-order chi connectivity index (χ0) is 16.7. The van der Waals surface area contributed by atoms with Gasteiger partial charge < -0.3 is 14.7 Å². The largest absolute Gasteiger partial charge is 0.481 e. The maximum Gasteiger partial charge on any atom is 0.341 e. The zero-order valence-corrected chi connectivity index (χ0v) is 14.5. The van der Waals surface area contributed by atoms with E-state index in [1.807, 2.05) is 17.9 Å². The van der Waals surface area contributed by atoms with Gasteiger partial charge in [-0.3, -0.25) is 4.79 Å². The lowest BCUT2D eigenvalue weighted by atomic mass is 10.2. The topological polar surface area (TPSA) is 66.8 Å². The molecule has 0 saturated heterocycles. The van der Waals surface area contributed by atoms with Crippen LogP contribution in [-0.2, 0) is 16.0 Å². The van der Waals surface area contributed by atoms with Crippen molar-refractivity contribution in [3.05, 3.63) is 16.5 Å². The molecule has 0 aliphatic rings. The van der Waals surface area contributed by atoms with Crippen LogP contribution >= 0.6 is 11.3 Å². The van der Waals surface area contributed by atoms with Crippen LogP contribution in [0.25, 0.3) is 0 Å². The van der Waals surface area contributed by atoms with Crippen molar-refractivity contribution >= 4 is 28.3 Å². The number of hydrogen-bond donors (Lipinski definition) is 1. The molecule has 0 aromatic carbocycles. The van der Waals surface area contributed by atoms with Gasteiger partial charge in [0, 0.05) is 18.0 Å². The lowest BCUT2D eigenvalue weighted by Gasteiger charge is -2.25. The lowest BCUT2D eigenvalue weighted by Crippen LogP contribution is -2.30. The average molecular weight is 327 g/mol. The second kappa shape index (κ2) is 8.78. The minimum atomic E-state index is -0.835. The number of carbonyl (C=O) groups is 2. The second-order valence-electron chi connectivity index (χ2n) is 5.49. The van der Waals surface area contributed by atoms with Crippen molar-refractivity contribution in [3.8, 4) is 0 Å². The summed E-state index contributed by atoms with van der Waals surface area (Å²) in [5, 5.41) is 9.77. The molecule has 1 rings (SSSR count). The fraction of sp³-hybridized carbons (Fsp3) is 0.625. The van der Waals surface area contributed by atoms with E-state index in [1.54, 1.807) is 18.3 Å². The molecular formula is C16H25NO4S. The number of carboxylic acids is 1. The fourth-order valence-electron chi connectivity index (χ4n) is 2.14. The first kappa shape index (κ1) is 18.5. The first-order chi connectivity index (χ1) is 10.4. The molecule has 0 fully saturated rings. The Bertz CT molecular complexity index is 510. The Morgan fingerprint density at radius 2 is 2.05 bits per heavy atom. The van der Waals surface area contributed by atoms with Crippen molar-refractivity contribution in [2.45, 2.75) is 40.5 Å². The molecule has 0 unspecified atom stereocenters. The second-order valence-corrected chi connectivity index (χ2v) is 6.60. The lowest BCUT2D eigenvalue weighted by molar-refractivity contribution is -0.136. The van der Waals surface area contributed by atoms with Crippen molar-refractivity contribution in [1.82, 2.24) is 0 Å². The van der Waals surface area contributed by atoms with Crippen molar-refractivity contribution in [1.29, 1.82) is 0 Å². The SMILES string of the molecule is CCOC(=O)c1cc(CC)sc1N(CCC(=O)O)CC(C)C. The summed E-state index contributed by atoms with van der Waals surface area (Å²) in [5.41, 5.74) is 0.551. The van der Waals surface area contributed by atoms with Crippen LogP contribution in [0, 0.1) is 5.92 Å². The van der Waals surface area contributed by atoms with Gasteiger partial charge in [0.05, 0.1) is 18.6 Å². The summed E-state index contributed by atoms with van der Waals surface area (Å²) >= 11 is 1.55. The summed E-state index contributed by atoms with van der Waals surface area (Å²) in [6.45, 7) is 9.40. The Labute approximate surface area is 135 Å². The fourth-order valence-corrected chi connectivity index (χ4v) is 3.26. The zero-order valence-electron chi connectivity index (χ0n) is 13.7. The molecule has 0 saturated carbocycles. The summed E-state index contributed by atoms with van der Waals surface area (Å²) in [6, 6.07) is 1.87. The number of aliphatic carboxylic acids is 1. The molecule has 0 spiro atoms. The van der Waals surface area contributed by atoms with Gasteiger partial charge in [-0.25, -0.2) is 4.79 Å². The number of anilines is 1. The van der Waals surface area contributed by atoms with E-state index in [0.29, 0.717) is 31.2 Å². The van der Waals surface area contributed by atoms with Crippen molar-refractivity contribution in [3.63, 3.8) is 0 Å². The highest BCUT2D eigenvalue weighted by Crippen LogP contribution is 2.33. The van der Waals surface area contributed by atoms with E-state index in [1.165, 1.54) is 0 Å². The standard InChI is InChI=1S/C16H25NO4S/c1-5-12-9-13(16(20)21-6-2)15(22-12)17(10-11(3)4)8-7-14(18)19/h9,11H,5-8,10H2,1-4H3,(H,18,19). The Hall–Kier alpha value is -1.56. The molecule has 0 atom stereocenters. The monoisotopic (exact) mass is 327 g/mol. The molecule has 1 N–H and O–H groups in total. The summed E-state index contributed by atoms with van der Waals surface area (Å²) in [6.07, 6.45) is 0.889. The molecule has 0 amide bonds. The van der Waals surface area contributed by atoms with Crippen molar-refractivity contribution < 1.29 is 19.4 Å². The maximum atomic E-state index is 12.2. The molecule has 0 radical (unpaired) electrons. The minimum Gasteiger partial charge on any atom is -0.481 e. The van der Waals surface area contributed by atoms with Crippen LogP contribution in [0.4, 0.5) is 5.00 Å². The normalized spacial score (nSPS) is 10.8. The summed E-state index contributed by atoms with van der Waals surface area (Å²) in [5.74, 6) is -0.799. The molecule has 22 heavy (non-hydrogen) atoms. The molecule has 5 nitrogen and oxygen atoms in total. The Balaban J connectivity index is 3.11. The van der Waals surface area contributed by atoms with Gasteiger partial charge in [0.25, 0.3) is 0 Å². The van der Waals surface area contributed by atoms with Gasteiger partial charge in [-0.15, -0.1) is 11.3 Å². The van der Waals surface area contributed by atoms with E-state index in [4.69, 9.17) is 9.84 Å². The quantitative estimate of drug-likeness (QED) is 0.704. The number of esters is 1. The Kier molecular flexibility index (Phi) is 7.38. The number of carboxylic acid groups (broad SMARTS) is 1. The van der Waals surface area contributed by atoms with E-state index >= 15 is 0 Å². The summed E-state index contributed by atoms with van der Waals surface area (Å²) in [7, 11) is 0. The van der Waals surface area contributed by atoms with Crippen LogP contribution in [0.15, 0.2) is 6.07 Å². The number of aryl methyl sites for hydroxylation is 1. The Morgan fingerprint density at radius 3 is 2.55 bits per heavy atom. The molecular weight excluding hydrogens is 302 g/mol. The molecule has 1 aromatic rings. The van der Waals surface area contributed by atoms with E-state index in [2.05, 4.69) is 13.8 Å². The predicted molar refractivity (Wildman–Crippen MR) is 89.0 cm³/mol.